The predicted octanol–water partition coefficient (Wildman–Crippen LogP) is 3.90. The molecule has 0 saturated carbocycles. The number of hydrogen-bond acceptors (Lipinski definition) is 6. The molecule has 2 aromatic heterocycles. The Bertz CT molecular complexity index is 1070. The zero-order chi connectivity index (χ0) is 19.7. The number of fused-ring (bicyclic) bond motifs is 1. The molecule has 2 heterocycles. The minimum absolute atomic E-state index is 0.210. The summed E-state index contributed by atoms with van der Waals surface area (Å²) in [5.41, 5.74) is 2.71. The van der Waals surface area contributed by atoms with Crippen LogP contribution in [-0.2, 0) is 9.53 Å². The van der Waals surface area contributed by atoms with E-state index in [0.29, 0.717) is 21.8 Å². The first-order valence-corrected chi connectivity index (χ1v) is 9.47. The fraction of sp³-hybridized carbons (Fsp3) is 0.350. The summed E-state index contributed by atoms with van der Waals surface area (Å²) in [5, 5.41) is 0.595. The maximum Gasteiger partial charge on any atom is 0.344 e. The summed E-state index contributed by atoms with van der Waals surface area (Å²) in [6.45, 7) is 9.19. The van der Waals surface area contributed by atoms with Gasteiger partial charge in [-0.25, -0.2) is 9.78 Å². The molecule has 142 valence electrons. The van der Waals surface area contributed by atoms with Gasteiger partial charge in [0.05, 0.1) is 5.39 Å². The lowest BCUT2D eigenvalue weighted by molar-refractivity contribution is -0.151. The molecule has 0 spiro atoms. The summed E-state index contributed by atoms with van der Waals surface area (Å²) >= 11 is 1.46. The van der Waals surface area contributed by atoms with Gasteiger partial charge in [-0.15, -0.1) is 11.3 Å². The SMILES string of the molecule is Cc1ccc(C)c(OCC(=O)O[C@@H](C)c2nc3sc(C)c(C)c3c(=O)[nH]2)c1. The Hall–Kier alpha value is -2.67. The first-order chi connectivity index (χ1) is 12.8. The molecule has 0 aliphatic carbocycles. The number of aryl methyl sites for hydroxylation is 4. The van der Waals surface area contributed by atoms with Gasteiger partial charge in [0.15, 0.2) is 18.5 Å². The number of nitrogens with zero attached hydrogens (tertiary/aromatic N) is 1. The molecule has 27 heavy (non-hydrogen) atoms. The van der Waals surface area contributed by atoms with Crippen LogP contribution in [0.15, 0.2) is 23.0 Å². The van der Waals surface area contributed by atoms with Gasteiger partial charge in [-0.2, -0.15) is 0 Å². The van der Waals surface area contributed by atoms with Gasteiger partial charge >= 0.3 is 5.97 Å². The highest BCUT2D eigenvalue weighted by Gasteiger charge is 2.18. The van der Waals surface area contributed by atoms with E-state index in [0.717, 1.165) is 21.6 Å². The minimum atomic E-state index is -0.681. The van der Waals surface area contributed by atoms with Gasteiger partial charge in [-0.05, 0) is 57.4 Å². The lowest BCUT2D eigenvalue weighted by Crippen LogP contribution is -2.20. The van der Waals surface area contributed by atoms with E-state index >= 15 is 0 Å². The number of rotatable bonds is 5. The molecule has 0 aliphatic heterocycles. The summed E-state index contributed by atoms with van der Waals surface area (Å²) in [5.74, 6) is 0.454. The number of benzene rings is 1. The van der Waals surface area contributed by atoms with Crippen LogP contribution in [0.1, 0.15) is 40.4 Å². The molecule has 1 atom stereocenters. The smallest absolute Gasteiger partial charge is 0.344 e. The summed E-state index contributed by atoms with van der Waals surface area (Å²) in [4.78, 5) is 33.4. The molecule has 0 aliphatic rings. The number of ether oxygens (including phenoxy) is 2. The molecule has 0 saturated heterocycles. The molecule has 3 rings (SSSR count). The molecule has 0 amide bonds. The Balaban J connectivity index is 1.70. The van der Waals surface area contributed by atoms with Gasteiger partial charge < -0.3 is 14.5 Å². The van der Waals surface area contributed by atoms with E-state index in [1.54, 1.807) is 6.92 Å². The molecule has 1 N–H and O–H groups in total. The van der Waals surface area contributed by atoms with Crippen molar-refractivity contribution in [1.82, 2.24) is 9.97 Å². The lowest BCUT2D eigenvalue weighted by Gasteiger charge is -2.14. The standard InChI is InChI=1S/C20H22N2O4S/c1-10-6-7-11(2)15(8-10)25-9-16(23)26-13(4)18-21-19(24)17-12(3)14(5)27-20(17)22-18/h6-8,13H,9H2,1-5H3,(H,21,22,24)/t13-/m0/s1. The maximum absolute atomic E-state index is 12.3. The van der Waals surface area contributed by atoms with E-state index in [-0.39, 0.29) is 12.2 Å². The van der Waals surface area contributed by atoms with Crippen molar-refractivity contribution in [3.8, 4) is 5.75 Å². The molecule has 0 unspecified atom stereocenters. The summed E-state index contributed by atoms with van der Waals surface area (Å²) in [6, 6.07) is 5.79. The Labute approximate surface area is 161 Å². The fourth-order valence-corrected chi connectivity index (χ4v) is 3.79. The van der Waals surface area contributed by atoms with Crippen molar-refractivity contribution in [1.29, 1.82) is 0 Å². The monoisotopic (exact) mass is 386 g/mol. The molecular formula is C20H22N2O4S. The van der Waals surface area contributed by atoms with Crippen molar-refractivity contribution in [2.24, 2.45) is 0 Å². The molecule has 0 radical (unpaired) electrons. The zero-order valence-corrected chi connectivity index (χ0v) is 16.8. The zero-order valence-electron chi connectivity index (χ0n) is 16.0. The first kappa shape index (κ1) is 19.1. The number of carbonyl (C=O) groups excluding carboxylic acids is 1. The van der Waals surface area contributed by atoms with Crippen LogP contribution in [0.25, 0.3) is 10.2 Å². The van der Waals surface area contributed by atoms with Gasteiger partial charge in [0.2, 0.25) is 0 Å². The quantitative estimate of drug-likeness (QED) is 0.673. The number of H-pyrrole nitrogens is 1. The fourth-order valence-electron chi connectivity index (χ4n) is 2.75. The normalized spacial score (nSPS) is 12.2. The van der Waals surface area contributed by atoms with Crippen molar-refractivity contribution in [2.75, 3.05) is 6.61 Å². The highest BCUT2D eigenvalue weighted by molar-refractivity contribution is 7.18. The number of hydrogen-bond donors (Lipinski definition) is 1. The summed E-state index contributed by atoms with van der Waals surface area (Å²) in [6.07, 6.45) is -0.681. The topological polar surface area (TPSA) is 81.3 Å². The van der Waals surface area contributed by atoms with E-state index in [4.69, 9.17) is 9.47 Å². The van der Waals surface area contributed by atoms with Crippen LogP contribution < -0.4 is 10.3 Å². The predicted molar refractivity (Wildman–Crippen MR) is 106 cm³/mol. The van der Waals surface area contributed by atoms with Crippen LogP contribution in [0.4, 0.5) is 0 Å². The van der Waals surface area contributed by atoms with Crippen LogP contribution in [0, 0.1) is 27.7 Å². The van der Waals surface area contributed by atoms with E-state index in [1.165, 1.54) is 11.3 Å². The molecule has 6 nitrogen and oxygen atoms in total. The molecule has 7 heteroatoms. The molecule has 0 fully saturated rings. The molecule has 3 aromatic rings. The Kier molecular flexibility index (Phi) is 5.32. The average Bonchev–Trinajstić information content (AvgIpc) is 2.90. The van der Waals surface area contributed by atoms with E-state index < -0.39 is 12.1 Å². The second kappa shape index (κ2) is 7.52. The third kappa shape index (κ3) is 4.03. The van der Waals surface area contributed by atoms with Gasteiger partial charge in [0.25, 0.3) is 5.56 Å². The minimum Gasteiger partial charge on any atom is -0.482 e. The van der Waals surface area contributed by atoms with Crippen LogP contribution in [0.3, 0.4) is 0 Å². The number of aromatic nitrogens is 2. The third-order valence-electron chi connectivity index (χ3n) is 4.44. The molecular weight excluding hydrogens is 364 g/mol. The largest absolute Gasteiger partial charge is 0.482 e. The van der Waals surface area contributed by atoms with Crippen LogP contribution >= 0.6 is 11.3 Å². The molecule has 1 aromatic carbocycles. The number of carbonyl (C=O) groups is 1. The van der Waals surface area contributed by atoms with Gasteiger partial charge in [-0.3, -0.25) is 4.79 Å². The Morgan fingerprint density at radius 1 is 1.26 bits per heavy atom. The van der Waals surface area contributed by atoms with Crippen molar-refractivity contribution in [3.63, 3.8) is 0 Å². The van der Waals surface area contributed by atoms with Crippen molar-refractivity contribution in [3.05, 3.63) is 55.9 Å². The van der Waals surface area contributed by atoms with Crippen LogP contribution in [0.5, 0.6) is 5.75 Å². The van der Waals surface area contributed by atoms with Crippen LogP contribution in [0.2, 0.25) is 0 Å². The maximum atomic E-state index is 12.3. The highest BCUT2D eigenvalue weighted by atomic mass is 32.1. The highest BCUT2D eigenvalue weighted by Crippen LogP contribution is 2.27. The van der Waals surface area contributed by atoms with Gasteiger partial charge in [0, 0.05) is 4.88 Å². The lowest BCUT2D eigenvalue weighted by atomic mass is 10.1. The van der Waals surface area contributed by atoms with Crippen LogP contribution in [-0.4, -0.2) is 22.5 Å². The van der Waals surface area contributed by atoms with E-state index in [9.17, 15) is 9.59 Å². The number of nitrogens with one attached hydrogen (secondary N) is 1. The first-order valence-electron chi connectivity index (χ1n) is 8.65. The molecule has 0 bridgehead atoms. The van der Waals surface area contributed by atoms with Gasteiger partial charge in [-0.1, -0.05) is 12.1 Å². The number of esters is 1. The third-order valence-corrected chi connectivity index (χ3v) is 5.54. The number of aromatic amines is 1. The van der Waals surface area contributed by atoms with Crippen molar-refractivity contribution < 1.29 is 14.3 Å². The second-order valence-corrected chi connectivity index (χ2v) is 7.81. The van der Waals surface area contributed by atoms with E-state index in [2.05, 4.69) is 9.97 Å². The second-order valence-electron chi connectivity index (χ2n) is 6.60. The average molecular weight is 386 g/mol. The summed E-state index contributed by atoms with van der Waals surface area (Å²) < 4.78 is 10.9. The Morgan fingerprint density at radius 3 is 2.74 bits per heavy atom. The van der Waals surface area contributed by atoms with Crippen molar-refractivity contribution in [2.45, 2.75) is 40.7 Å². The Morgan fingerprint density at radius 2 is 2.00 bits per heavy atom. The number of thiophene rings is 1. The van der Waals surface area contributed by atoms with Crippen molar-refractivity contribution >= 4 is 27.5 Å². The van der Waals surface area contributed by atoms with E-state index in [1.807, 2.05) is 45.9 Å². The summed E-state index contributed by atoms with van der Waals surface area (Å²) in [7, 11) is 0. The van der Waals surface area contributed by atoms with Gasteiger partial charge in [0.1, 0.15) is 10.6 Å².